The maximum atomic E-state index is 13.2. The van der Waals surface area contributed by atoms with E-state index in [4.69, 9.17) is 27.9 Å². The first-order valence-electron chi connectivity index (χ1n) is 11.5. The molecule has 0 aliphatic carbocycles. The van der Waals surface area contributed by atoms with Crippen molar-refractivity contribution in [1.82, 2.24) is 19.0 Å². The number of piperazine rings is 1. The number of aryl methyl sites for hydroxylation is 3. The quantitative estimate of drug-likeness (QED) is 0.420. The van der Waals surface area contributed by atoms with Gasteiger partial charge in [0.25, 0.3) is 0 Å². The molecule has 0 N–H and O–H groups in total. The maximum absolute atomic E-state index is 13.2. The van der Waals surface area contributed by atoms with Crippen molar-refractivity contribution in [2.75, 3.05) is 32.7 Å². The molecule has 2 aromatic carbocycles. The Morgan fingerprint density at radius 1 is 1.03 bits per heavy atom. The van der Waals surface area contributed by atoms with E-state index in [1.807, 2.05) is 30.3 Å². The summed E-state index contributed by atoms with van der Waals surface area (Å²) in [5, 5.41) is 4.97. The van der Waals surface area contributed by atoms with Crippen molar-refractivity contribution in [2.45, 2.75) is 31.5 Å². The van der Waals surface area contributed by atoms with Gasteiger partial charge < -0.3 is 4.74 Å². The van der Waals surface area contributed by atoms with Gasteiger partial charge in [0.1, 0.15) is 10.0 Å². The van der Waals surface area contributed by atoms with Gasteiger partial charge in [-0.05, 0) is 37.1 Å². The number of aromatic nitrogens is 2. The molecule has 35 heavy (non-hydrogen) atoms. The minimum absolute atomic E-state index is 0.0932. The molecule has 3 aromatic rings. The second kappa shape index (κ2) is 11.0. The normalized spacial score (nSPS) is 16.5. The predicted octanol–water partition coefficient (Wildman–Crippen LogP) is 4.61. The van der Waals surface area contributed by atoms with Crippen LogP contribution in [0, 0.1) is 13.8 Å². The highest BCUT2D eigenvalue weighted by Gasteiger charge is 2.34. The van der Waals surface area contributed by atoms with E-state index in [0.29, 0.717) is 50.0 Å². The van der Waals surface area contributed by atoms with Crippen LogP contribution < -0.4 is 0 Å². The third-order valence-electron chi connectivity index (χ3n) is 6.23. The van der Waals surface area contributed by atoms with Crippen LogP contribution in [0.5, 0.6) is 0 Å². The first-order chi connectivity index (χ1) is 16.6. The molecule has 0 spiro atoms. The summed E-state index contributed by atoms with van der Waals surface area (Å²) in [6.45, 7) is 6.79. The zero-order valence-corrected chi connectivity index (χ0v) is 22.4. The lowest BCUT2D eigenvalue weighted by atomic mass is 10.1. The van der Waals surface area contributed by atoms with Crippen LogP contribution in [0.4, 0.5) is 0 Å². The number of ether oxygens (including phenoxy) is 1. The van der Waals surface area contributed by atoms with Crippen molar-refractivity contribution in [3.05, 3.63) is 81.1 Å². The van der Waals surface area contributed by atoms with Gasteiger partial charge in [0, 0.05) is 44.8 Å². The van der Waals surface area contributed by atoms with Crippen LogP contribution in [0.25, 0.3) is 0 Å². The van der Waals surface area contributed by atoms with Gasteiger partial charge in [-0.2, -0.15) is 9.40 Å². The van der Waals surface area contributed by atoms with Crippen molar-refractivity contribution < 1.29 is 13.2 Å². The zero-order valence-electron chi connectivity index (χ0n) is 20.1. The molecule has 0 saturated carbocycles. The van der Waals surface area contributed by atoms with E-state index in [2.05, 4.69) is 35.1 Å². The van der Waals surface area contributed by atoms with E-state index < -0.39 is 10.0 Å². The Morgan fingerprint density at radius 2 is 1.71 bits per heavy atom. The van der Waals surface area contributed by atoms with Crippen LogP contribution in [0.1, 0.15) is 28.5 Å². The number of nitrogens with zero attached hydrogens (tertiary/aromatic N) is 4. The van der Waals surface area contributed by atoms with Gasteiger partial charge in [-0.3, -0.25) is 9.58 Å². The molecule has 1 saturated heterocycles. The third kappa shape index (κ3) is 6.07. The van der Waals surface area contributed by atoms with Crippen LogP contribution in [-0.4, -0.2) is 60.1 Å². The second-order valence-electron chi connectivity index (χ2n) is 8.87. The number of rotatable bonds is 8. The van der Waals surface area contributed by atoms with Gasteiger partial charge in [-0.15, -0.1) is 0 Å². The minimum atomic E-state index is -3.72. The smallest absolute Gasteiger partial charge is 0.248 e. The van der Waals surface area contributed by atoms with Gasteiger partial charge >= 0.3 is 0 Å². The molecule has 7 nitrogen and oxygen atoms in total. The Balaban J connectivity index is 1.44. The van der Waals surface area contributed by atoms with Crippen LogP contribution in [0.3, 0.4) is 0 Å². The lowest BCUT2D eigenvalue weighted by Crippen LogP contribution is -2.49. The highest BCUT2D eigenvalue weighted by Crippen LogP contribution is 2.29. The first kappa shape index (κ1) is 26.1. The summed E-state index contributed by atoms with van der Waals surface area (Å²) in [6.07, 6.45) is -0.175. The van der Waals surface area contributed by atoms with Crippen LogP contribution >= 0.6 is 23.2 Å². The molecule has 4 rings (SSSR count). The van der Waals surface area contributed by atoms with E-state index in [1.165, 1.54) is 14.6 Å². The molecule has 10 heteroatoms. The SMILES string of the molecule is Cc1cccc(CO[C@@H](CN2CCN(S(=O)(=O)c3c(C)nn(C)c3Cl)CC2)c2ccc(Cl)cc2)c1. The van der Waals surface area contributed by atoms with Crippen molar-refractivity contribution in [2.24, 2.45) is 7.05 Å². The number of sulfonamides is 1. The van der Waals surface area contributed by atoms with E-state index in [1.54, 1.807) is 14.0 Å². The van der Waals surface area contributed by atoms with Gasteiger partial charge in [0.05, 0.1) is 18.4 Å². The Kier molecular flexibility index (Phi) is 8.20. The molecule has 1 fully saturated rings. The molecule has 1 aliphatic rings. The summed E-state index contributed by atoms with van der Waals surface area (Å²) in [5.41, 5.74) is 3.75. The van der Waals surface area contributed by atoms with Gasteiger partial charge in [0.15, 0.2) is 0 Å². The first-order valence-corrected chi connectivity index (χ1v) is 13.7. The Bertz CT molecular complexity index is 1270. The fraction of sp³-hybridized carbons (Fsp3) is 0.400. The molecule has 0 bridgehead atoms. The van der Waals surface area contributed by atoms with Gasteiger partial charge in [-0.25, -0.2) is 8.42 Å². The summed E-state index contributed by atoms with van der Waals surface area (Å²) in [4.78, 5) is 2.33. The number of benzene rings is 2. The van der Waals surface area contributed by atoms with E-state index in [-0.39, 0.29) is 16.2 Å². The van der Waals surface area contributed by atoms with Gasteiger partial charge in [0.2, 0.25) is 10.0 Å². The van der Waals surface area contributed by atoms with Gasteiger partial charge in [-0.1, -0.05) is 65.2 Å². The third-order valence-corrected chi connectivity index (χ3v) is 9.08. The fourth-order valence-electron chi connectivity index (χ4n) is 4.35. The molecule has 1 aliphatic heterocycles. The Hall–Kier alpha value is -1.94. The van der Waals surface area contributed by atoms with Crippen molar-refractivity contribution in [1.29, 1.82) is 0 Å². The maximum Gasteiger partial charge on any atom is 0.248 e. The molecule has 1 aromatic heterocycles. The van der Waals surface area contributed by atoms with Crippen molar-refractivity contribution in [3.63, 3.8) is 0 Å². The minimum Gasteiger partial charge on any atom is -0.368 e. The van der Waals surface area contributed by atoms with Crippen LogP contribution in [0.15, 0.2) is 53.4 Å². The van der Waals surface area contributed by atoms with Crippen LogP contribution in [-0.2, 0) is 28.4 Å². The molecule has 0 amide bonds. The van der Waals surface area contributed by atoms with E-state index >= 15 is 0 Å². The topological polar surface area (TPSA) is 67.7 Å². The van der Waals surface area contributed by atoms with Crippen molar-refractivity contribution >= 4 is 33.2 Å². The molecule has 188 valence electrons. The summed E-state index contributed by atoms with van der Waals surface area (Å²) in [5.74, 6) is 0. The lowest BCUT2D eigenvalue weighted by Gasteiger charge is -2.35. The summed E-state index contributed by atoms with van der Waals surface area (Å²) < 4.78 is 35.7. The average molecular weight is 538 g/mol. The average Bonchev–Trinajstić information content (AvgIpc) is 3.09. The highest BCUT2D eigenvalue weighted by atomic mass is 35.5. The summed E-state index contributed by atoms with van der Waals surface area (Å²) in [7, 11) is -2.08. The van der Waals surface area contributed by atoms with E-state index in [9.17, 15) is 8.42 Å². The monoisotopic (exact) mass is 536 g/mol. The Labute approximate surface area is 217 Å². The predicted molar refractivity (Wildman–Crippen MR) is 138 cm³/mol. The van der Waals surface area contributed by atoms with Crippen LogP contribution in [0.2, 0.25) is 10.2 Å². The molecule has 2 heterocycles. The molecular weight excluding hydrogens is 507 g/mol. The number of hydrogen-bond acceptors (Lipinski definition) is 5. The largest absolute Gasteiger partial charge is 0.368 e. The van der Waals surface area contributed by atoms with Crippen molar-refractivity contribution in [3.8, 4) is 0 Å². The zero-order chi connectivity index (χ0) is 25.2. The number of hydrogen-bond donors (Lipinski definition) is 0. The second-order valence-corrected chi connectivity index (χ2v) is 11.5. The Morgan fingerprint density at radius 3 is 2.31 bits per heavy atom. The summed E-state index contributed by atoms with van der Waals surface area (Å²) in [6, 6.07) is 16.0. The molecule has 0 radical (unpaired) electrons. The molecule has 0 unspecified atom stereocenters. The number of halogens is 2. The lowest BCUT2D eigenvalue weighted by molar-refractivity contribution is 0.00771. The highest BCUT2D eigenvalue weighted by molar-refractivity contribution is 7.89. The van der Waals surface area contributed by atoms with E-state index in [0.717, 1.165) is 11.1 Å². The molecule has 1 atom stereocenters. The fourth-order valence-corrected chi connectivity index (χ4v) is 6.60. The summed E-state index contributed by atoms with van der Waals surface area (Å²) >= 11 is 12.4. The molecular formula is C25H30Cl2N4O3S. The standard InChI is InChI=1S/C25H30Cl2N4O3S/c1-18-5-4-6-20(15-18)17-34-23(21-7-9-22(26)10-8-21)16-30-11-13-31(14-12-30)35(32,33)24-19(2)28-29(3)25(24)27/h4-10,15,23H,11-14,16-17H2,1-3H3/t23-/m0/s1.